The Kier molecular flexibility index (Phi) is 5.65. The van der Waals surface area contributed by atoms with E-state index in [0.29, 0.717) is 24.7 Å². The summed E-state index contributed by atoms with van der Waals surface area (Å²) < 4.78 is 0. The number of piperazine rings is 1. The Balaban J connectivity index is 1.81. The van der Waals surface area contributed by atoms with Crippen molar-refractivity contribution in [3.8, 4) is 0 Å². The van der Waals surface area contributed by atoms with Gasteiger partial charge in [0, 0.05) is 42.3 Å². The van der Waals surface area contributed by atoms with Crippen molar-refractivity contribution in [2.24, 2.45) is 5.41 Å². The Bertz CT molecular complexity index is 558. The summed E-state index contributed by atoms with van der Waals surface area (Å²) in [5, 5.41) is 3.50. The van der Waals surface area contributed by atoms with Gasteiger partial charge in [-0.1, -0.05) is 32.4 Å². The fraction of sp³-hybridized carbons (Fsp3) is 0.529. The molecule has 1 aliphatic rings. The number of hydrogen-bond acceptors (Lipinski definition) is 3. The van der Waals surface area contributed by atoms with Crippen molar-refractivity contribution in [3.05, 3.63) is 29.3 Å². The number of nitrogens with one attached hydrogen (secondary N) is 1. The van der Waals surface area contributed by atoms with Gasteiger partial charge in [0.05, 0.1) is 6.54 Å². The molecule has 5 nitrogen and oxygen atoms in total. The summed E-state index contributed by atoms with van der Waals surface area (Å²) in [6, 6.07) is 6.92. The number of hydrogen-bond donors (Lipinski definition) is 1. The Morgan fingerprint density at radius 2 is 1.65 bits per heavy atom. The van der Waals surface area contributed by atoms with Gasteiger partial charge >= 0.3 is 6.03 Å². The van der Waals surface area contributed by atoms with E-state index in [4.69, 9.17) is 11.6 Å². The fourth-order valence-electron chi connectivity index (χ4n) is 2.29. The van der Waals surface area contributed by atoms with Crippen molar-refractivity contribution >= 4 is 29.1 Å². The molecule has 1 aromatic rings. The lowest BCUT2D eigenvalue weighted by atomic mass is 9.90. The summed E-state index contributed by atoms with van der Waals surface area (Å²) in [5.74, 6) is 0.233. The maximum Gasteiger partial charge on any atom is 0.321 e. The molecule has 1 N–H and O–H groups in total. The first-order valence-corrected chi connectivity index (χ1v) is 8.20. The molecule has 126 valence electrons. The molecule has 0 spiro atoms. The van der Waals surface area contributed by atoms with Gasteiger partial charge in [0.25, 0.3) is 0 Å². The molecule has 1 heterocycles. The predicted molar refractivity (Wildman–Crippen MR) is 92.9 cm³/mol. The number of Topliss-reactive ketones (excluding diaryl/α,β-unsaturated/α-hetero) is 1. The number of carbonyl (C=O) groups excluding carboxylic acids is 2. The summed E-state index contributed by atoms with van der Waals surface area (Å²) in [5.41, 5.74) is 0.410. The highest BCUT2D eigenvalue weighted by Crippen LogP contribution is 2.17. The molecule has 0 radical (unpaired) electrons. The van der Waals surface area contributed by atoms with Crippen LogP contribution in [-0.4, -0.2) is 54.3 Å². The minimum atomic E-state index is -0.316. The zero-order chi connectivity index (χ0) is 17.0. The minimum absolute atomic E-state index is 0.117. The second-order valence-electron chi connectivity index (χ2n) is 6.87. The van der Waals surface area contributed by atoms with Crippen LogP contribution in [0, 0.1) is 5.41 Å². The third-order valence-corrected chi connectivity index (χ3v) is 4.21. The normalized spacial score (nSPS) is 16.3. The standard InChI is InChI=1S/C17H24ClN3O2/c1-17(2,3)15(22)12-20-8-10-21(11-9-20)16(23)19-14-6-4-13(18)5-7-14/h4-7H,8-12H2,1-3H3,(H,19,23). The highest BCUT2D eigenvalue weighted by Gasteiger charge is 2.27. The first-order valence-electron chi connectivity index (χ1n) is 7.83. The largest absolute Gasteiger partial charge is 0.322 e. The van der Waals surface area contributed by atoms with Gasteiger partial charge in [-0.05, 0) is 24.3 Å². The number of amides is 2. The number of halogens is 1. The van der Waals surface area contributed by atoms with Gasteiger partial charge in [0.2, 0.25) is 0 Å². The summed E-state index contributed by atoms with van der Waals surface area (Å²) >= 11 is 5.83. The van der Waals surface area contributed by atoms with Crippen LogP contribution < -0.4 is 5.32 Å². The molecule has 1 fully saturated rings. The van der Waals surface area contributed by atoms with Crippen molar-refractivity contribution in [2.45, 2.75) is 20.8 Å². The number of urea groups is 1. The molecule has 1 aliphatic heterocycles. The van der Waals surface area contributed by atoms with E-state index in [9.17, 15) is 9.59 Å². The van der Waals surface area contributed by atoms with Crippen LogP contribution in [0.4, 0.5) is 10.5 Å². The van der Waals surface area contributed by atoms with Gasteiger partial charge in [-0.15, -0.1) is 0 Å². The van der Waals surface area contributed by atoms with Crippen LogP contribution in [0.2, 0.25) is 5.02 Å². The van der Waals surface area contributed by atoms with Crippen LogP contribution in [0.25, 0.3) is 0 Å². The molecule has 2 amide bonds. The molecule has 6 heteroatoms. The second kappa shape index (κ2) is 7.32. The molecule has 0 unspecified atom stereocenters. The van der Waals surface area contributed by atoms with Gasteiger partial charge in [-0.2, -0.15) is 0 Å². The van der Waals surface area contributed by atoms with Crippen molar-refractivity contribution < 1.29 is 9.59 Å². The zero-order valence-corrected chi connectivity index (χ0v) is 14.7. The van der Waals surface area contributed by atoms with Crippen molar-refractivity contribution in [2.75, 3.05) is 38.0 Å². The van der Waals surface area contributed by atoms with E-state index in [1.807, 2.05) is 20.8 Å². The maximum absolute atomic E-state index is 12.2. The van der Waals surface area contributed by atoms with E-state index in [1.54, 1.807) is 29.2 Å². The smallest absolute Gasteiger partial charge is 0.321 e. The maximum atomic E-state index is 12.2. The van der Waals surface area contributed by atoms with Crippen LogP contribution in [0.5, 0.6) is 0 Å². The highest BCUT2D eigenvalue weighted by atomic mass is 35.5. The molecule has 23 heavy (non-hydrogen) atoms. The first-order chi connectivity index (χ1) is 10.8. The average molecular weight is 338 g/mol. The SMILES string of the molecule is CC(C)(C)C(=O)CN1CCN(C(=O)Nc2ccc(Cl)cc2)CC1. The number of ketones is 1. The van der Waals surface area contributed by atoms with E-state index in [1.165, 1.54) is 0 Å². The number of rotatable bonds is 3. The molecule has 2 rings (SSSR count). The molecular weight excluding hydrogens is 314 g/mol. The number of nitrogens with zero attached hydrogens (tertiary/aromatic N) is 2. The van der Waals surface area contributed by atoms with E-state index in [0.717, 1.165) is 18.8 Å². The Morgan fingerprint density at radius 1 is 1.09 bits per heavy atom. The quantitative estimate of drug-likeness (QED) is 0.922. The van der Waals surface area contributed by atoms with E-state index < -0.39 is 0 Å². The zero-order valence-electron chi connectivity index (χ0n) is 13.9. The van der Waals surface area contributed by atoms with Gasteiger partial charge in [0.15, 0.2) is 5.78 Å². The van der Waals surface area contributed by atoms with Crippen LogP contribution in [0.3, 0.4) is 0 Å². The first kappa shape index (κ1) is 17.8. The van der Waals surface area contributed by atoms with Gasteiger partial charge in [0.1, 0.15) is 0 Å². The lowest BCUT2D eigenvalue weighted by Gasteiger charge is -2.35. The van der Waals surface area contributed by atoms with Crippen molar-refractivity contribution in [3.63, 3.8) is 0 Å². The van der Waals surface area contributed by atoms with Crippen molar-refractivity contribution in [1.29, 1.82) is 0 Å². The third-order valence-electron chi connectivity index (χ3n) is 3.96. The Morgan fingerprint density at radius 3 is 2.17 bits per heavy atom. The molecule has 0 saturated carbocycles. The molecule has 0 bridgehead atoms. The number of benzene rings is 1. The monoisotopic (exact) mass is 337 g/mol. The van der Waals surface area contributed by atoms with Gasteiger partial charge < -0.3 is 10.2 Å². The molecular formula is C17H24ClN3O2. The van der Waals surface area contributed by atoms with Crippen LogP contribution in [0.15, 0.2) is 24.3 Å². The Hall–Kier alpha value is -1.59. The summed E-state index contributed by atoms with van der Waals surface area (Å²) in [7, 11) is 0. The highest BCUT2D eigenvalue weighted by molar-refractivity contribution is 6.30. The predicted octanol–water partition coefficient (Wildman–Crippen LogP) is 3.10. The van der Waals surface area contributed by atoms with E-state index in [2.05, 4.69) is 10.2 Å². The Labute approximate surface area is 142 Å². The fourth-order valence-corrected chi connectivity index (χ4v) is 2.41. The van der Waals surface area contributed by atoms with Gasteiger partial charge in [-0.3, -0.25) is 9.69 Å². The topological polar surface area (TPSA) is 52.7 Å². The number of anilines is 1. The lowest BCUT2D eigenvalue weighted by Crippen LogP contribution is -2.51. The lowest BCUT2D eigenvalue weighted by molar-refractivity contribution is -0.127. The van der Waals surface area contributed by atoms with Crippen LogP contribution >= 0.6 is 11.6 Å². The van der Waals surface area contributed by atoms with E-state index >= 15 is 0 Å². The molecule has 1 aromatic carbocycles. The number of carbonyl (C=O) groups is 2. The third kappa shape index (κ3) is 5.22. The van der Waals surface area contributed by atoms with Crippen LogP contribution in [-0.2, 0) is 4.79 Å². The summed E-state index contributed by atoms with van der Waals surface area (Å²) in [4.78, 5) is 28.2. The van der Waals surface area contributed by atoms with Crippen molar-refractivity contribution in [1.82, 2.24) is 9.80 Å². The second-order valence-corrected chi connectivity index (χ2v) is 7.31. The molecule has 0 aliphatic carbocycles. The summed E-state index contributed by atoms with van der Waals surface area (Å²) in [6.07, 6.45) is 0. The van der Waals surface area contributed by atoms with E-state index in [-0.39, 0.29) is 17.2 Å². The average Bonchev–Trinajstić information content (AvgIpc) is 2.49. The summed E-state index contributed by atoms with van der Waals surface area (Å²) in [6.45, 7) is 8.94. The van der Waals surface area contributed by atoms with Gasteiger partial charge in [-0.25, -0.2) is 4.79 Å². The molecule has 0 atom stereocenters. The molecule has 0 aromatic heterocycles. The minimum Gasteiger partial charge on any atom is -0.322 e. The van der Waals surface area contributed by atoms with Crippen LogP contribution in [0.1, 0.15) is 20.8 Å². The molecule has 1 saturated heterocycles.